The molecule has 1 atom stereocenters. The maximum Gasteiger partial charge on any atom is 0.346 e. The molecule has 0 spiro atoms. The Bertz CT molecular complexity index is 687. The van der Waals surface area contributed by atoms with Crippen LogP contribution in [-0.4, -0.2) is 31.8 Å². The topological polar surface area (TPSA) is 92.4 Å². The van der Waals surface area contributed by atoms with Crippen LogP contribution in [0.4, 0.5) is 0 Å². The van der Waals surface area contributed by atoms with Crippen molar-refractivity contribution in [3.8, 4) is 0 Å². The third kappa shape index (κ3) is 2.52. The van der Waals surface area contributed by atoms with Gasteiger partial charge >= 0.3 is 5.97 Å². The van der Waals surface area contributed by atoms with Crippen molar-refractivity contribution in [2.45, 2.75) is 32.9 Å². The lowest BCUT2D eigenvalue weighted by atomic mass is 10.2. The van der Waals surface area contributed by atoms with Gasteiger partial charge in [0.05, 0.1) is 17.8 Å². The summed E-state index contributed by atoms with van der Waals surface area (Å²) in [5.74, 6) is -1.05. The molecule has 19 heavy (non-hydrogen) atoms. The molecule has 0 bridgehead atoms. The SMILES string of the molecule is Cc1c(C(=O)O)sc2ncn(CCC(C)O)c(=O)c12. The van der Waals surface area contributed by atoms with Crippen molar-refractivity contribution in [3.63, 3.8) is 0 Å². The monoisotopic (exact) mass is 282 g/mol. The van der Waals surface area contributed by atoms with Gasteiger partial charge in [0, 0.05) is 6.54 Å². The number of nitrogens with zero attached hydrogens (tertiary/aromatic N) is 2. The number of aryl methyl sites for hydroxylation is 2. The summed E-state index contributed by atoms with van der Waals surface area (Å²) in [7, 11) is 0. The van der Waals surface area contributed by atoms with E-state index >= 15 is 0 Å². The first-order valence-corrected chi connectivity index (χ1v) is 6.63. The lowest BCUT2D eigenvalue weighted by molar-refractivity contribution is 0.0701. The zero-order chi connectivity index (χ0) is 14.2. The fourth-order valence-corrected chi connectivity index (χ4v) is 2.83. The van der Waals surface area contributed by atoms with Crippen LogP contribution in [-0.2, 0) is 6.54 Å². The van der Waals surface area contributed by atoms with Crippen LogP contribution < -0.4 is 5.56 Å². The number of carbonyl (C=O) groups is 1. The van der Waals surface area contributed by atoms with E-state index < -0.39 is 12.1 Å². The summed E-state index contributed by atoms with van der Waals surface area (Å²) in [6, 6.07) is 0. The van der Waals surface area contributed by atoms with E-state index in [0.717, 1.165) is 11.3 Å². The minimum Gasteiger partial charge on any atom is -0.477 e. The van der Waals surface area contributed by atoms with Crippen LogP contribution in [0.25, 0.3) is 10.2 Å². The molecule has 0 fully saturated rings. The van der Waals surface area contributed by atoms with E-state index in [-0.39, 0.29) is 10.4 Å². The number of hydrogen-bond donors (Lipinski definition) is 2. The van der Waals surface area contributed by atoms with E-state index in [1.807, 2.05) is 0 Å². The van der Waals surface area contributed by atoms with Crippen LogP contribution in [0.5, 0.6) is 0 Å². The number of aromatic nitrogens is 2. The zero-order valence-electron chi connectivity index (χ0n) is 10.6. The molecule has 0 aliphatic rings. The maximum absolute atomic E-state index is 12.3. The number of aromatic carboxylic acids is 1. The molecule has 6 nitrogen and oxygen atoms in total. The molecule has 102 valence electrons. The molecule has 0 radical (unpaired) electrons. The predicted octanol–water partition coefficient (Wildman–Crippen LogP) is 1.24. The normalized spacial score (nSPS) is 12.8. The summed E-state index contributed by atoms with van der Waals surface area (Å²) in [5, 5.41) is 18.6. The van der Waals surface area contributed by atoms with Gasteiger partial charge in [-0.15, -0.1) is 11.3 Å². The number of carboxylic acids is 1. The van der Waals surface area contributed by atoms with Crippen LogP contribution in [0.3, 0.4) is 0 Å². The van der Waals surface area contributed by atoms with E-state index in [9.17, 15) is 14.7 Å². The number of carboxylic acid groups (broad SMARTS) is 1. The Morgan fingerprint density at radius 2 is 2.26 bits per heavy atom. The second kappa shape index (κ2) is 5.10. The lowest BCUT2D eigenvalue weighted by Gasteiger charge is -2.06. The van der Waals surface area contributed by atoms with E-state index in [4.69, 9.17) is 5.11 Å². The van der Waals surface area contributed by atoms with E-state index in [1.165, 1.54) is 10.9 Å². The van der Waals surface area contributed by atoms with Gasteiger partial charge in [0.1, 0.15) is 9.71 Å². The quantitative estimate of drug-likeness (QED) is 0.880. The Balaban J connectivity index is 2.55. The van der Waals surface area contributed by atoms with Gasteiger partial charge in [-0.1, -0.05) is 0 Å². The van der Waals surface area contributed by atoms with Gasteiger partial charge in [-0.3, -0.25) is 9.36 Å². The van der Waals surface area contributed by atoms with Crippen molar-refractivity contribution >= 4 is 27.5 Å². The number of thiophene rings is 1. The standard InChI is InChI=1S/C12H14N2O4S/c1-6(15)3-4-14-5-13-10-8(11(14)16)7(2)9(19-10)12(17)18/h5-6,15H,3-4H2,1-2H3,(H,17,18). The summed E-state index contributed by atoms with van der Waals surface area (Å²) in [6.45, 7) is 3.62. The first kappa shape index (κ1) is 13.7. The van der Waals surface area contributed by atoms with Gasteiger partial charge in [0.2, 0.25) is 0 Å². The molecule has 2 aromatic rings. The van der Waals surface area contributed by atoms with E-state index in [0.29, 0.717) is 28.7 Å². The average molecular weight is 282 g/mol. The summed E-state index contributed by atoms with van der Waals surface area (Å²) in [4.78, 5) is 28.0. The van der Waals surface area contributed by atoms with Crippen LogP contribution in [0, 0.1) is 6.92 Å². The van der Waals surface area contributed by atoms with Crippen LogP contribution in [0.2, 0.25) is 0 Å². The van der Waals surface area contributed by atoms with Crippen LogP contribution >= 0.6 is 11.3 Å². The zero-order valence-corrected chi connectivity index (χ0v) is 11.4. The second-order valence-electron chi connectivity index (χ2n) is 4.42. The van der Waals surface area contributed by atoms with Gasteiger partial charge in [0.25, 0.3) is 5.56 Å². The molecule has 0 aliphatic carbocycles. The molecule has 0 aliphatic heterocycles. The molecule has 2 N–H and O–H groups in total. The largest absolute Gasteiger partial charge is 0.477 e. The maximum atomic E-state index is 12.3. The first-order valence-electron chi connectivity index (χ1n) is 5.81. The Hall–Kier alpha value is -1.73. The summed E-state index contributed by atoms with van der Waals surface area (Å²) >= 11 is 1.01. The van der Waals surface area contributed by atoms with Crippen LogP contribution in [0.1, 0.15) is 28.6 Å². The smallest absolute Gasteiger partial charge is 0.346 e. The number of hydrogen-bond acceptors (Lipinski definition) is 5. The lowest BCUT2D eigenvalue weighted by Crippen LogP contribution is -2.22. The molecule has 0 saturated heterocycles. The Labute approximate surface area is 113 Å². The van der Waals surface area contributed by atoms with Crippen molar-refractivity contribution in [2.75, 3.05) is 0 Å². The van der Waals surface area contributed by atoms with Crippen molar-refractivity contribution in [1.82, 2.24) is 9.55 Å². The number of aliphatic hydroxyl groups is 1. The van der Waals surface area contributed by atoms with Gasteiger partial charge in [-0.25, -0.2) is 9.78 Å². The Kier molecular flexibility index (Phi) is 3.68. The highest BCUT2D eigenvalue weighted by molar-refractivity contribution is 7.20. The molecule has 0 aromatic carbocycles. The summed E-state index contributed by atoms with van der Waals surface area (Å²) < 4.78 is 1.40. The van der Waals surface area contributed by atoms with Gasteiger partial charge in [0.15, 0.2) is 0 Å². The summed E-state index contributed by atoms with van der Waals surface area (Å²) in [6.07, 6.45) is 1.34. The molecular formula is C12H14N2O4S. The molecule has 1 unspecified atom stereocenters. The molecule has 2 rings (SSSR count). The fourth-order valence-electron chi connectivity index (χ4n) is 1.85. The fraction of sp³-hybridized carbons (Fsp3) is 0.417. The molecule has 0 saturated carbocycles. The molecule has 0 amide bonds. The minimum atomic E-state index is -1.05. The third-order valence-corrected chi connectivity index (χ3v) is 4.09. The molecule has 2 aromatic heterocycles. The van der Waals surface area contributed by atoms with Crippen molar-refractivity contribution in [2.24, 2.45) is 0 Å². The van der Waals surface area contributed by atoms with Crippen molar-refractivity contribution < 1.29 is 15.0 Å². The highest BCUT2D eigenvalue weighted by Crippen LogP contribution is 2.26. The van der Waals surface area contributed by atoms with E-state index in [2.05, 4.69) is 4.98 Å². The predicted molar refractivity (Wildman–Crippen MR) is 71.9 cm³/mol. The number of fused-ring (bicyclic) bond motifs is 1. The van der Waals surface area contributed by atoms with Crippen LogP contribution in [0.15, 0.2) is 11.1 Å². The number of rotatable bonds is 4. The van der Waals surface area contributed by atoms with Gasteiger partial charge in [-0.05, 0) is 25.8 Å². The Morgan fingerprint density at radius 3 is 2.84 bits per heavy atom. The van der Waals surface area contributed by atoms with Gasteiger partial charge in [-0.2, -0.15) is 0 Å². The molecule has 2 heterocycles. The highest BCUT2D eigenvalue weighted by Gasteiger charge is 2.18. The number of aliphatic hydroxyl groups excluding tert-OH is 1. The van der Waals surface area contributed by atoms with Crippen molar-refractivity contribution in [3.05, 3.63) is 27.1 Å². The third-order valence-electron chi connectivity index (χ3n) is 2.90. The highest BCUT2D eigenvalue weighted by atomic mass is 32.1. The van der Waals surface area contributed by atoms with E-state index in [1.54, 1.807) is 13.8 Å². The first-order chi connectivity index (χ1) is 8.91. The van der Waals surface area contributed by atoms with Gasteiger partial charge < -0.3 is 10.2 Å². The summed E-state index contributed by atoms with van der Waals surface area (Å²) in [5.41, 5.74) is 0.197. The van der Waals surface area contributed by atoms with Crippen molar-refractivity contribution in [1.29, 1.82) is 0 Å². The average Bonchev–Trinajstić information content (AvgIpc) is 2.66. The second-order valence-corrected chi connectivity index (χ2v) is 5.42. The molecule has 7 heteroatoms. The Morgan fingerprint density at radius 1 is 1.58 bits per heavy atom. The molecular weight excluding hydrogens is 268 g/mol. The minimum absolute atomic E-state index is 0.146.